The van der Waals surface area contributed by atoms with E-state index < -0.39 is 0 Å². The monoisotopic (exact) mass is 270 g/mol. The van der Waals surface area contributed by atoms with Crippen LogP contribution < -0.4 is 5.32 Å². The minimum Gasteiger partial charge on any atom is -0.359 e. The molecular weight excluding hydrogens is 252 g/mol. The van der Waals surface area contributed by atoms with Gasteiger partial charge in [-0.2, -0.15) is 11.8 Å². The molecule has 2 rings (SSSR count). The molecule has 6 nitrogen and oxygen atoms in total. The smallest absolute Gasteiger partial charge is 0.330 e. The minimum atomic E-state index is -0.383. The fourth-order valence-corrected chi connectivity index (χ4v) is 3.37. The van der Waals surface area contributed by atoms with Crippen molar-refractivity contribution in [2.75, 3.05) is 11.6 Å². The summed E-state index contributed by atoms with van der Waals surface area (Å²) >= 11 is 1.83. The fourth-order valence-electron chi connectivity index (χ4n) is 2.43. The van der Waals surface area contributed by atoms with Gasteiger partial charge in [-0.15, -0.1) is 5.10 Å². The van der Waals surface area contributed by atoms with Crippen LogP contribution in [0, 0.1) is 10.1 Å². The predicted octanol–water partition coefficient (Wildman–Crippen LogP) is 2.41. The van der Waals surface area contributed by atoms with Crippen molar-refractivity contribution >= 4 is 23.3 Å². The highest BCUT2D eigenvalue weighted by Crippen LogP contribution is 2.31. The number of thioether (sulfide) groups is 1. The van der Waals surface area contributed by atoms with Crippen LogP contribution in [0.25, 0.3) is 0 Å². The van der Waals surface area contributed by atoms with Crippen LogP contribution in [0.1, 0.15) is 25.7 Å². The molecule has 2 unspecified atom stereocenters. The van der Waals surface area contributed by atoms with E-state index in [4.69, 9.17) is 0 Å². The Morgan fingerprint density at radius 1 is 1.56 bits per heavy atom. The van der Waals surface area contributed by atoms with Crippen LogP contribution in [-0.4, -0.2) is 32.3 Å². The third-order valence-electron chi connectivity index (χ3n) is 3.33. The van der Waals surface area contributed by atoms with Gasteiger partial charge in [0, 0.05) is 18.3 Å². The van der Waals surface area contributed by atoms with Crippen molar-refractivity contribution in [1.82, 2.24) is 9.78 Å². The van der Waals surface area contributed by atoms with Gasteiger partial charge in [-0.25, -0.2) is 0 Å². The highest BCUT2D eigenvalue weighted by atomic mass is 32.2. The first-order valence-corrected chi connectivity index (χ1v) is 7.38. The van der Waals surface area contributed by atoms with E-state index in [2.05, 4.69) is 16.7 Å². The van der Waals surface area contributed by atoms with Gasteiger partial charge in [0.2, 0.25) is 5.82 Å². The summed E-state index contributed by atoms with van der Waals surface area (Å²) in [5.74, 6) is 0.397. The number of nitro groups is 1. The Morgan fingerprint density at radius 3 is 2.94 bits per heavy atom. The van der Waals surface area contributed by atoms with Gasteiger partial charge in [0.15, 0.2) is 0 Å². The van der Waals surface area contributed by atoms with Crippen molar-refractivity contribution in [1.29, 1.82) is 0 Å². The van der Waals surface area contributed by atoms with E-state index in [1.54, 1.807) is 7.05 Å². The minimum absolute atomic E-state index is 0.0583. The van der Waals surface area contributed by atoms with E-state index in [1.807, 2.05) is 11.8 Å². The summed E-state index contributed by atoms with van der Waals surface area (Å²) in [7, 11) is 1.70. The van der Waals surface area contributed by atoms with Gasteiger partial charge in [-0.1, -0.05) is 12.8 Å². The maximum atomic E-state index is 10.9. The lowest BCUT2D eigenvalue weighted by Gasteiger charge is -2.30. The average Bonchev–Trinajstić information content (AvgIpc) is 2.71. The van der Waals surface area contributed by atoms with Crippen molar-refractivity contribution in [3.8, 4) is 0 Å². The quantitative estimate of drug-likeness (QED) is 0.672. The number of hydrogen-bond donors (Lipinski definition) is 1. The van der Waals surface area contributed by atoms with E-state index in [0.29, 0.717) is 11.1 Å². The van der Waals surface area contributed by atoms with Crippen molar-refractivity contribution in [2.24, 2.45) is 7.05 Å². The van der Waals surface area contributed by atoms with Crippen molar-refractivity contribution in [2.45, 2.75) is 37.0 Å². The number of nitrogens with zero attached hydrogens (tertiary/aromatic N) is 3. The largest absolute Gasteiger partial charge is 0.359 e. The molecule has 0 amide bonds. The molecule has 0 radical (unpaired) electrons. The van der Waals surface area contributed by atoms with Crippen LogP contribution in [0.5, 0.6) is 0 Å². The number of anilines is 1. The first kappa shape index (κ1) is 13.2. The lowest BCUT2D eigenvalue weighted by atomic mass is 9.95. The van der Waals surface area contributed by atoms with Crippen LogP contribution in [-0.2, 0) is 7.05 Å². The molecule has 1 saturated carbocycles. The first-order chi connectivity index (χ1) is 8.61. The Balaban J connectivity index is 2.14. The van der Waals surface area contributed by atoms with E-state index in [-0.39, 0.29) is 16.7 Å². The van der Waals surface area contributed by atoms with Gasteiger partial charge in [-0.05, 0) is 19.1 Å². The molecule has 1 N–H and O–H groups in total. The molecule has 0 spiro atoms. The third kappa shape index (κ3) is 2.77. The molecule has 1 aromatic rings. The topological polar surface area (TPSA) is 73.0 Å². The van der Waals surface area contributed by atoms with Gasteiger partial charge in [-0.3, -0.25) is 14.8 Å². The van der Waals surface area contributed by atoms with Gasteiger partial charge < -0.3 is 5.32 Å². The van der Waals surface area contributed by atoms with Crippen LogP contribution in [0.4, 0.5) is 11.5 Å². The summed E-state index contributed by atoms with van der Waals surface area (Å²) in [6, 6.07) is 0.280. The molecule has 0 saturated heterocycles. The summed E-state index contributed by atoms with van der Waals surface area (Å²) in [6.45, 7) is 0. The molecule has 1 aliphatic rings. The highest BCUT2D eigenvalue weighted by Gasteiger charge is 2.28. The number of nitrogens with one attached hydrogen (secondary N) is 1. The van der Waals surface area contributed by atoms with Crippen LogP contribution in [0.3, 0.4) is 0 Å². The molecule has 1 fully saturated rings. The number of rotatable bonds is 4. The summed E-state index contributed by atoms with van der Waals surface area (Å²) in [5.41, 5.74) is 0.0583. The molecule has 0 aromatic carbocycles. The Morgan fingerprint density at radius 2 is 2.28 bits per heavy atom. The summed E-state index contributed by atoms with van der Waals surface area (Å²) in [5, 5.41) is 18.9. The maximum Gasteiger partial charge on any atom is 0.330 e. The molecule has 1 aliphatic carbocycles. The highest BCUT2D eigenvalue weighted by molar-refractivity contribution is 7.99. The zero-order valence-electron chi connectivity index (χ0n) is 10.6. The van der Waals surface area contributed by atoms with Crippen molar-refractivity contribution < 1.29 is 4.92 Å². The van der Waals surface area contributed by atoms with Crippen LogP contribution in [0.15, 0.2) is 6.20 Å². The van der Waals surface area contributed by atoms with Gasteiger partial charge in [0.05, 0.1) is 4.92 Å². The molecule has 0 bridgehead atoms. The molecular formula is C11H18N4O2S. The Labute approximate surface area is 110 Å². The molecule has 1 aromatic heterocycles. The van der Waals surface area contributed by atoms with E-state index >= 15 is 0 Å². The number of aromatic nitrogens is 2. The molecule has 18 heavy (non-hydrogen) atoms. The van der Waals surface area contributed by atoms with E-state index in [9.17, 15) is 10.1 Å². The maximum absolute atomic E-state index is 10.9. The second-order valence-electron chi connectivity index (χ2n) is 4.60. The van der Waals surface area contributed by atoms with Crippen LogP contribution in [0.2, 0.25) is 0 Å². The van der Waals surface area contributed by atoms with Crippen LogP contribution >= 0.6 is 11.8 Å². The van der Waals surface area contributed by atoms with Crippen molar-refractivity contribution in [3.05, 3.63) is 16.3 Å². The SMILES string of the molecule is CSC1CCCCC1Nc1nn(C)cc1[N+](=O)[O-]. The van der Waals surface area contributed by atoms with E-state index in [0.717, 1.165) is 6.42 Å². The molecule has 0 aliphatic heterocycles. The normalized spacial score (nSPS) is 23.9. The average molecular weight is 270 g/mol. The number of aryl methyl sites for hydroxylation is 1. The molecule has 7 heteroatoms. The second kappa shape index (κ2) is 5.60. The first-order valence-electron chi connectivity index (χ1n) is 6.09. The second-order valence-corrected chi connectivity index (χ2v) is 5.68. The summed E-state index contributed by atoms with van der Waals surface area (Å²) in [4.78, 5) is 10.6. The third-order valence-corrected chi connectivity index (χ3v) is 4.50. The van der Waals surface area contributed by atoms with E-state index in [1.165, 1.54) is 30.1 Å². The Bertz CT molecular complexity index is 435. The number of hydrogen-bond acceptors (Lipinski definition) is 5. The Kier molecular flexibility index (Phi) is 4.11. The zero-order chi connectivity index (χ0) is 13.1. The predicted molar refractivity (Wildman–Crippen MR) is 73.0 cm³/mol. The van der Waals surface area contributed by atoms with Gasteiger partial charge in [0.25, 0.3) is 0 Å². The lowest BCUT2D eigenvalue weighted by molar-refractivity contribution is -0.384. The summed E-state index contributed by atoms with van der Waals surface area (Å²) < 4.78 is 1.48. The fraction of sp³-hybridized carbons (Fsp3) is 0.727. The molecule has 2 atom stereocenters. The molecule has 100 valence electrons. The van der Waals surface area contributed by atoms with Crippen molar-refractivity contribution in [3.63, 3.8) is 0 Å². The summed E-state index contributed by atoms with van der Waals surface area (Å²) in [6.07, 6.45) is 8.18. The lowest BCUT2D eigenvalue weighted by Crippen LogP contribution is -2.34. The Hall–Kier alpha value is -1.24. The molecule has 1 heterocycles. The van der Waals surface area contributed by atoms with Gasteiger partial charge in [0.1, 0.15) is 6.20 Å². The zero-order valence-corrected chi connectivity index (χ0v) is 11.4. The standard InChI is InChI=1S/C11H18N4O2S/c1-14-7-9(15(16)17)11(13-14)12-8-5-3-4-6-10(8)18-2/h7-8,10H,3-6H2,1-2H3,(H,12,13). The van der Waals surface area contributed by atoms with Gasteiger partial charge >= 0.3 is 5.69 Å².